The van der Waals surface area contributed by atoms with Gasteiger partial charge in [0.2, 0.25) is 0 Å². The number of aldehydes is 1. The molecule has 0 spiro atoms. The van der Waals surface area contributed by atoms with Crippen LogP contribution in [-0.2, 0) is 0 Å². The summed E-state index contributed by atoms with van der Waals surface area (Å²) in [5.74, 6) is 0.599. The van der Waals surface area contributed by atoms with Gasteiger partial charge in [-0.1, -0.05) is 48.5 Å². The summed E-state index contributed by atoms with van der Waals surface area (Å²) in [4.78, 5) is 38.3. The number of carbonyl (C=O) groups is 2. The van der Waals surface area contributed by atoms with Crippen LogP contribution in [0.15, 0.2) is 41.5 Å². The Morgan fingerprint density at radius 1 is 1.12 bits per heavy atom. The molecule has 174 valence electrons. The summed E-state index contributed by atoms with van der Waals surface area (Å²) in [5, 5.41) is 0.977. The number of anilines is 1. The lowest BCUT2D eigenvalue weighted by Crippen LogP contribution is -2.47. The van der Waals surface area contributed by atoms with Crippen molar-refractivity contribution in [2.45, 2.75) is 50.5 Å². The van der Waals surface area contributed by atoms with Crippen molar-refractivity contribution in [3.8, 4) is 5.69 Å². The first kappa shape index (κ1) is 23.5. The Bertz CT molecular complexity index is 1090. The molecule has 1 aliphatic carbocycles. The minimum Gasteiger partial charge on any atom is -0.330 e. The maximum absolute atomic E-state index is 13.4. The van der Waals surface area contributed by atoms with E-state index in [0.29, 0.717) is 34.0 Å². The first-order chi connectivity index (χ1) is 15.9. The van der Waals surface area contributed by atoms with Gasteiger partial charge in [-0.3, -0.25) is 14.3 Å². The van der Waals surface area contributed by atoms with Crippen LogP contribution in [0.3, 0.4) is 0 Å². The third-order valence-electron chi connectivity index (χ3n) is 6.15. The molecule has 1 saturated carbocycles. The first-order valence-corrected chi connectivity index (χ1v) is 11.9. The fourth-order valence-electron chi connectivity index (χ4n) is 4.51. The zero-order valence-electron chi connectivity index (χ0n) is 18.7. The van der Waals surface area contributed by atoms with E-state index in [-0.39, 0.29) is 18.0 Å². The lowest BCUT2D eigenvalue weighted by Gasteiger charge is -2.34. The molecule has 2 amide bonds. The van der Waals surface area contributed by atoms with Gasteiger partial charge in [-0.15, -0.1) is 0 Å². The topological polar surface area (TPSA) is 70.8 Å². The smallest absolute Gasteiger partial charge is 0.325 e. The van der Waals surface area contributed by atoms with Gasteiger partial charge in [0.25, 0.3) is 0 Å². The van der Waals surface area contributed by atoms with Crippen LogP contribution in [0, 0.1) is 0 Å². The largest absolute Gasteiger partial charge is 0.330 e. The minimum absolute atomic E-state index is 0.0239. The highest BCUT2D eigenvalue weighted by molar-refractivity contribution is 6.66. The van der Waals surface area contributed by atoms with E-state index in [9.17, 15) is 9.59 Å². The molecule has 0 bridgehead atoms. The summed E-state index contributed by atoms with van der Waals surface area (Å²) in [6.07, 6.45) is 9.90. The number of amides is 2. The van der Waals surface area contributed by atoms with Crippen LogP contribution in [0.5, 0.6) is 0 Å². The number of benzene rings is 1. The summed E-state index contributed by atoms with van der Waals surface area (Å²) in [7, 11) is 3.43. The van der Waals surface area contributed by atoms with Crippen molar-refractivity contribution in [1.82, 2.24) is 14.5 Å². The van der Waals surface area contributed by atoms with Crippen molar-refractivity contribution in [3.05, 3.63) is 53.1 Å². The van der Waals surface area contributed by atoms with Gasteiger partial charge in [-0.2, -0.15) is 0 Å². The van der Waals surface area contributed by atoms with Gasteiger partial charge < -0.3 is 4.90 Å². The van der Waals surface area contributed by atoms with Crippen molar-refractivity contribution in [3.63, 3.8) is 0 Å². The zero-order valence-corrected chi connectivity index (χ0v) is 20.3. The van der Waals surface area contributed by atoms with E-state index >= 15 is 0 Å². The molecule has 0 N–H and O–H groups in total. The highest BCUT2D eigenvalue weighted by atomic mass is 35.5. The Morgan fingerprint density at radius 3 is 2.42 bits per heavy atom. The molecule has 2 aliphatic rings. The highest BCUT2D eigenvalue weighted by Crippen LogP contribution is 2.36. The molecule has 1 unspecified atom stereocenters. The number of hydrogen-bond acceptors (Lipinski definition) is 4. The highest BCUT2D eigenvalue weighted by Gasteiger charge is 2.36. The van der Waals surface area contributed by atoms with Crippen LogP contribution in [0.4, 0.5) is 10.6 Å². The molecule has 1 aliphatic heterocycles. The molecule has 1 fully saturated rings. The van der Waals surface area contributed by atoms with E-state index in [1.165, 1.54) is 4.90 Å². The predicted molar refractivity (Wildman–Crippen MR) is 132 cm³/mol. The van der Waals surface area contributed by atoms with Crippen LogP contribution in [-0.4, -0.2) is 52.1 Å². The summed E-state index contributed by atoms with van der Waals surface area (Å²) in [5.41, 5.74) is 1.03. The third kappa shape index (κ3) is 4.70. The van der Waals surface area contributed by atoms with Crippen LogP contribution < -0.4 is 4.90 Å². The fraction of sp³-hybridized carbons (Fsp3) is 0.417. The molecule has 2 heterocycles. The monoisotopic (exact) mass is 487 g/mol. The predicted octanol–water partition coefficient (Wildman–Crippen LogP) is 5.80. The van der Waals surface area contributed by atoms with Gasteiger partial charge in [-0.25, -0.2) is 14.8 Å². The number of rotatable bonds is 5. The van der Waals surface area contributed by atoms with Crippen LogP contribution in [0.25, 0.3) is 5.69 Å². The first-order valence-electron chi connectivity index (χ1n) is 11.1. The standard InChI is InChI=1S/C24H27Cl2N5O2/c1-29(2)24(33)31(17-7-4-3-5-8-17)23-20(15-32)30(18-12-10-16(25)11-13-18)22(28-23)19-9-6-14-27-21(19)26/h6,10-15,17,19H,3-5,7-9H2,1-2H3. The Morgan fingerprint density at radius 2 is 1.82 bits per heavy atom. The van der Waals surface area contributed by atoms with Crippen molar-refractivity contribution < 1.29 is 9.59 Å². The third-order valence-corrected chi connectivity index (χ3v) is 6.76. The number of aromatic nitrogens is 2. The number of halogens is 2. The second-order valence-corrected chi connectivity index (χ2v) is 9.40. The van der Waals surface area contributed by atoms with E-state index in [1.807, 2.05) is 18.2 Å². The molecule has 9 heteroatoms. The zero-order chi connectivity index (χ0) is 23.5. The molecule has 33 heavy (non-hydrogen) atoms. The lowest BCUT2D eigenvalue weighted by atomic mass is 9.94. The second kappa shape index (κ2) is 10.1. The van der Waals surface area contributed by atoms with Crippen molar-refractivity contribution in [2.75, 3.05) is 19.0 Å². The van der Waals surface area contributed by atoms with Gasteiger partial charge in [-0.05, 0) is 43.5 Å². The van der Waals surface area contributed by atoms with Crippen molar-refractivity contribution >= 4 is 46.5 Å². The molecule has 0 radical (unpaired) electrons. The maximum Gasteiger partial charge on any atom is 0.325 e. The summed E-state index contributed by atoms with van der Waals surface area (Å²) in [6, 6.07) is 6.95. The SMILES string of the molecule is CN(C)C(=O)N(c1nc(C2CC=CN=C2Cl)n(-c2ccc(Cl)cc2)c1C=O)C1CCCCC1. The minimum atomic E-state index is -0.331. The number of hydrogen-bond donors (Lipinski definition) is 0. The van der Waals surface area contributed by atoms with E-state index in [4.69, 9.17) is 28.2 Å². The summed E-state index contributed by atoms with van der Waals surface area (Å²) < 4.78 is 1.78. The number of imidazole rings is 1. The number of carbonyl (C=O) groups excluding carboxylic acids is 2. The number of nitrogens with zero attached hydrogens (tertiary/aromatic N) is 5. The maximum atomic E-state index is 13.4. The quantitative estimate of drug-likeness (QED) is 0.500. The normalized spacial score (nSPS) is 18.7. The van der Waals surface area contributed by atoms with Crippen LogP contribution in [0.1, 0.15) is 60.8 Å². The molecule has 1 atom stereocenters. The average Bonchev–Trinajstić information content (AvgIpc) is 3.19. The van der Waals surface area contributed by atoms with Gasteiger partial charge in [0.15, 0.2) is 12.1 Å². The van der Waals surface area contributed by atoms with E-state index in [1.54, 1.807) is 41.9 Å². The van der Waals surface area contributed by atoms with E-state index in [0.717, 1.165) is 44.1 Å². The Kier molecular flexibility index (Phi) is 7.20. The van der Waals surface area contributed by atoms with E-state index in [2.05, 4.69) is 4.99 Å². The lowest BCUT2D eigenvalue weighted by molar-refractivity contribution is 0.111. The van der Waals surface area contributed by atoms with E-state index < -0.39 is 0 Å². The summed E-state index contributed by atoms with van der Waals surface area (Å²) >= 11 is 12.6. The molecule has 1 aromatic heterocycles. The fourth-order valence-corrected chi connectivity index (χ4v) is 4.88. The van der Waals surface area contributed by atoms with Gasteiger partial charge in [0.1, 0.15) is 16.7 Å². The Labute approximate surface area is 203 Å². The molecule has 1 aromatic carbocycles. The van der Waals surface area contributed by atoms with Gasteiger partial charge in [0, 0.05) is 37.0 Å². The average molecular weight is 488 g/mol. The van der Waals surface area contributed by atoms with Gasteiger partial charge >= 0.3 is 6.03 Å². The van der Waals surface area contributed by atoms with Crippen molar-refractivity contribution in [1.29, 1.82) is 0 Å². The van der Waals surface area contributed by atoms with Crippen LogP contribution in [0.2, 0.25) is 5.02 Å². The Hall–Kier alpha value is -2.64. The molecule has 4 rings (SSSR count). The van der Waals surface area contributed by atoms with Crippen LogP contribution >= 0.6 is 23.2 Å². The number of aliphatic imine (C=N–C) groups is 1. The second-order valence-electron chi connectivity index (χ2n) is 8.57. The molecular weight excluding hydrogens is 461 g/mol. The molecule has 0 saturated heterocycles. The molecule has 2 aromatic rings. The summed E-state index contributed by atoms with van der Waals surface area (Å²) in [6.45, 7) is 0. The molecular formula is C24H27Cl2N5O2. The Balaban J connectivity index is 1.93. The number of allylic oxidation sites excluding steroid dienone is 1. The van der Waals surface area contributed by atoms with Crippen molar-refractivity contribution in [2.24, 2.45) is 4.99 Å². The van der Waals surface area contributed by atoms with Gasteiger partial charge in [0.05, 0.1) is 5.92 Å². The molecule has 7 nitrogen and oxygen atoms in total. The number of urea groups is 1.